The first kappa shape index (κ1) is 18.4. The molecule has 3 heteroatoms. The summed E-state index contributed by atoms with van der Waals surface area (Å²) in [5.41, 5.74) is -0.794. The Kier molecular flexibility index (Phi) is 5.63. The molecule has 0 amide bonds. The van der Waals surface area contributed by atoms with Crippen LogP contribution in [0.15, 0.2) is 0 Å². The van der Waals surface area contributed by atoms with Crippen molar-refractivity contribution in [2.75, 3.05) is 6.61 Å². The minimum atomic E-state index is -1.80. The number of terminal acetylenes is 1. The van der Waals surface area contributed by atoms with Gasteiger partial charge in [0.2, 0.25) is 0 Å². The first-order valence-corrected chi connectivity index (χ1v) is 9.77. The fourth-order valence-electron chi connectivity index (χ4n) is 1.75. The molecule has 0 N–H and O–H groups in total. The molecule has 0 aromatic carbocycles. The molecule has 110 valence electrons. The van der Waals surface area contributed by atoms with Crippen LogP contribution >= 0.6 is 0 Å². The largest absolute Gasteiger partial charge is 0.415 e. The van der Waals surface area contributed by atoms with Gasteiger partial charge in [-0.25, -0.2) is 0 Å². The van der Waals surface area contributed by atoms with Gasteiger partial charge in [0.1, 0.15) is 6.29 Å². The topological polar surface area (TPSA) is 26.3 Å². The van der Waals surface area contributed by atoms with Crippen molar-refractivity contribution in [3.05, 3.63) is 0 Å². The van der Waals surface area contributed by atoms with Crippen LogP contribution in [0, 0.1) is 23.2 Å². The zero-order valence-corrected chi connectivity index (χ0v) is 14.9. The highest BCUT2D eigenvalue weighted by Gasteiger charge is 2.40. The Balaban J connectivity index is 4.85. The molecular weight excluding hydrogens is 252 g/mol. The summed E-state index contributed by atoms with van der Waals surface area (Å²) in [4.78, 5) is 11.1. The van der Waals surface area contributed by atoms with Crippen molar-refractivity contribution in [1.29, 1.82) is 0 Å². The summed E-state index contributed by atoms with van der Waals surface area (Å²) in [6.45, 7) is 17.4. The predicted molar refractivity (Wildman–Crippen MR) is 84.6 cm³/mol. The second kappa shape index (κ2) is 5.81. The standard InChI is InChI=1S/C16H30O2Si/c1-10-16(7,11-15(5,6)12-17)13-18-19(8,9)14(2,3)4/h1,12H,11,13H2,2-9H3/t16-/m1/s1. The van der Waals surface area contributed by atoms with Crippen LogP contribution in [-0.2, 0) is 9.22 Å². The predicted octanol–water partition coefficient (Wildman–Crippen LogP) is 4.26. The van der Waals surface area contributed by atoms with Crippen molar-refractivity contribution < 1.29 is 9.22 Å². The molecule has 0 aliphatic heterocycles. The molecule has 2 nitrogen and oxygen atoms in total. The maximum Gasteiger partial charge on any atom is 0.192 e. The van der Waals surface area contributed by atoms with Crippen molar-refractivity contribution in [1.82, 2.24) is 0 Å². The van der Waals surface area contributed by atoms with Crippen LogP contribution in [0.5, 0.6) is 0 Å². The lowest BCUT2D eigenvalue weighted by atomic mass is 9.76. The average Bonchev–Trinajstić information content (AvgIpc) is 2.25. The van der Waals surface area contributed by atoms with Gasteiger partial charge in [0, 0.05) is 5.41 Å². The first-order valence-electron chi connectivity index (χ1n) is 6.87. The van der Waals surface area contributed by atoms with Gasteiger partial charge in [0.25, 0.3) is 0 Å². The molecule has 0 heterocycles. The van der Waals surface area contributed by atoms with Crippen LogP contribution in [0.1, 0.15) is 48.0 Å². The molecule has 0 rings (SSSR count). The smallest absolute Gasteiger partial charge is 0.192 e. The summed E-state index contributed by atoms with van der Waals surface area (Å²) in [6.07, 6.45) is 7.31. The zero-order valence-electron chi connectivity index (χ0n) is 13.9. The maximum atomic E-state index is 11.1. The van der Waals surface area contributed by atoms with Gasteiger partial charge in [-0.1, -0.05) is 40.5 Å². The van der Waals surface area contributed by atoms with Crippen LogP contribution in [0.3, 0.4) is 0 Å². The fraction of sp³-hybridized carbons (Fsp3) is 0.812. The van der Waals surface area contributed by atoms with Crippen LogP contribution in [0.2, 0.25) is 18.1 Å². The normalized spacial score (nSPS) is 16.6. The number of hydrogen-bond acceptors (Lipinski definition) is 2. The summed E-state index contributed by atoms with van der Waals surface area (Å²) in [6, 6.07) is 0. The summed E-state index contributed by atoms with van der Waals surface area (Å²) >= 11 is 0. The van der Waals surface area contributed by atoms with E-state index in [0.29, 0.717) is 13.0 Å². The van der Waals surface area contributed by atoms with Crippen LogP contribution in [0.25, 0.3) is 0 Å². The van der Waals surface area contributed by atoms with Gasteiger partial charge in [0.05, 0.1) is 12.0 Å². The van der Waals surface area contributed by atoms with Gasteiger partial charge in [-0.2, -0.15) is 0 Å². The van der Waals surface area contributed by atoms with E-state index < -0.39 is 13.7 Å². The molecule has 0 aromatic rings. The lowest BCUT2D eigenvalue weighted by Crippen LogP contribution is -2.44. The Morgan fingerprint density at radius 2 is 1.63 bits per heavy atom. The quantitative estimate of drug-likeness (QED) is 0.413. The Bertz CT molecular complexity index is 358. The van der Waals surface area contributed by atoms with Gasteiger partial charge < -0.3 is 9.22 Å². The van der Waals surface area contributed by atoms with Gasteiger partial charge in [-0.3, -0.25) is 0 Å². The van der Waals surface area contributed by atoms with E-state index in [2.05, 4.69) is 39.8 Å². The number of aldehydes is 1. The van der Waals surface area contributed by atoms with Crippen molar-refractivity contribution in [3.63, 3.8) is 0 Å². The van der Waals surface area contributed by atoms with Crippen LogP contribution in [0.4, 0.5) is 0 Å². The summed E-state index contributed by atoms with van der Waals surface area (Å²) in [7, 11) is -1.80. The van der Waals surface area contributed by atoms with E-state index in [1.807, 2.05) is 20.8 Å². The lowest BCUT2D eigenvalue weighted by Gasteiger charge is -2.39. The molecule has 1 atom stereocenters. The van der Waals surface area contributed by atoms with Crippen molar-refractivity contribution in [2.45, 2.75) is 66.1 Å². The van der Waals surface area contributed by atoms with Gasteiger partial charge in [-0.15, -0.1) is 6.42 Å². The monoisotopic (exact) mass is 282 g/mol. The van der Waals surface area contributed by atoms with Crippen LogP contribution in [-0.4, -0.2) is 21.2 Å². The summed E-state index contributed by atoms with van der Waals surface area (Å²) in [5.74, 6) is 2.83. The van der Waals surface area contributed by atoms with Gasteiger partial charge >= 0.3 is 0 Å². The van der Waals surface area contributed by atoms with E-state index in [1.54, 1.807) is 0 Å². The summed E-state index contributed by atoms with van der Waals surface area (Å²) < 4.78 is 6.22. The highest BCUT2D eigenvalue weighted by Crippen LogP contribution is 2.39. The first-order chi connectivity index (χ1) is 8.29. The minimum Gasteiger partial charge on any atom is -0.415 e. The second-order valence-corrected chi connectivity index (χ2v) is 12.8. The van der Waals surface area contributed by atoms with E-state index in [9.17, 15) is 4.79 Å². The molecule has 0 bridgehead atoms. The zero-order chi connectivity index (χ0) is 15.5. The van der Waals surface area contributed by atoms with E-state index in [1.165, 1.54) is 0 Å². The van der Waals surface area contributed by atoms with Crippen molar-refractivity contribution in [3.8, 4) is 12.3 Å². The number of rotatable bonds is 6. The summed E-state index contributed by atoms with van der Waals surface area (Å²) in [5, 5.41) is 0.169. The number of hydrogen-bond donors (Lipinski definition) is 0. The van der Waals surface area contributed by atoms with Gasteiger partial charge in [-0.05, 0) is 31.5 Å². The number of carbonyl (C=O) groups excluding carboxylic acids is 1. The SMILES string of the molecule is C#C[C@@](C)(CO[Si](C)(C)C(C)(C)C)CC(C)(C)C=O. The Labute approximate surface area is 120 Å². The molecule has 0 saturated carbocycles. The molecule has 0 aliphatic rings. The number of carbonyl (C=O) groups is 1. The van der Waals surface area contributed by atoms with Crippen molar-refractivity contribution >= 4 is 14.6 Å². The molecular formula is C16H30O2Si. The molecule has 0 saturated heterocycles. The van der Waals surface area contributed by atoms with E-state index in [0.717, 1.165) is 6.29 Å². The molecule has 0 spiro atoms. The Hall–Kier alpha value is -0.593. The third-order valence-electron chi connectivity index (χ3n) is 4.07. The maximum absolute atomic E-state index is 11.1. The third-order valence-corrected chi connectivity index (χ3v) is 8.55. The molecule has 0 fully saturated rings. The molecule has 0 aromatic heterocycles. The third kappa shape index (κ3) is 5.50. The second-order valence-electron chi connectivity index (χ2n) is 8.04. The average molecular weight is 282 g/mol. The van der Waals surface area contributed by atoms with E-state index in [4.69, 9.17) is 10.8 Å². The van der Waals surface area contributed by atoms with Gasteiger partial charge in [0.15, 0.2) is 8.32 Å². The van der Waals surface area contributed by atoms with E-state index >= 15 is 0 Å². The fourth-order valence-corrected chi connectivity index (χ4v) is 2.86. The minimum absolute atomic E-state index is 0.169. The lowest BCUT2D eigenvalue weighted by molar-refractivity contribution is -0.116. The molecule has 0 radical (unpaired) electrons. The molecule has 0 unspecified atom stereocenters. The van der Waals surface area contributed by atoms with Crippen molar-refractivity contribution in [2.24, 2.45) is 10.8 Å². The van der Waals surface area contributed by atoms with E-state index in [-0.39, 0.29) is 10.5 Å². The van der Waals surface area contributed by atoms with Crippen LogP contribution < -0.4 is 0 Å². The highest BCUT2D eigenvalue weighted by molar-refractivity contribution is 6.74. The molecule has 19 heavy (non-hydrogen) atoms. The highest BCUT2D eigenvalue weighted by atomic mass is 28.4. The Morgan fingerprint density at radius 1 is 1.16 bits per heavy atom. The Morgan fingerprint density at radius 3 is 1.95 bits per heavy atom. The molecule has 0 aliphatic carbocycles.